The second kappa shape index (κ2) is 4.82. The molecule has 1 aliphatic rings. The largest absolute Gasteiger partial charge is 0.508 e. The molecule has 0 saturated heterocycles. The van der Waals surface area contributed by atoms with E-state index in [0.717, 1.165) is 0 Å². The van der Waals surface area contributed by atoms with Crippen LogP contribution in [0.1, 0.15) is 17.3 Å². The zero-order valence-electron chi connectivity index (χ0n) is 11.1. The molecule has 0 spiro atoms. The van der Waals surface area contributed by atoms with E-state index >= 15 is 0 Å². The van der Waals surface area contributed by atoms with Gasteiger partial charge in [-0.15, -0.1) is 0 Å². The summed E-state index contributed by atoms with van der Waals surface area (Å²) in [6.45, 7) is 1.37. The predicted molar refractivity (Wildman–Crippen MR) is 77.6 cm³/mol. The van der Waals surface area contributed by atoms with E-state index in [-0.39, 0.29) is 11.7 Å². The molecule has 0 aliphatic carbocycles. The predicted octanol–water partition coefficient (Wildman–Crippen LogP) is 3.01. The lowest BCUT2D eigenvalue weighted by Gasteiger charge is -2.23. The summed E-state index contributed by atoms with van der Waals surface area (Å²) in [5.74, 6) is 0.737. The summed E-state index contributed by atoms with van der Waals surface area (Å²) >= 11 is 0. The van der Waals surface area contributed by atoms with Crippen LogP contribution in [0.25, 0.3) is 0 Å². The maximum absolute atomic E-state index is 11.2. The van der Waals surface area contributed by atoms with Crippen LogP contribution in [0, 0.1) is 0 Å². The number of fused-ring (bicyclic) bond motifs is 2. The summed E-state index contributed by atoms with van der Waals surface area (Å²) in [4.78, 5) is 22.3. The van der Waals surface area contributed by atoms with E-state index in [1.54, 1.807) is 12.1 Å². The van der Waals surface area contributed by atoms with Gasteiger partial charge in [0.1, 0.15) is 5.75 Å². The Labute approximate surface area is 120 Å². The van der Waals surface area contributed by atoms with Crippen molar-refractivity contribution in [3.8, 4) is 17.2 Å². The monoisotopic (exact) mass is 284 g/mol. The first-order valence-electron chi connectivity index (χ1n) is 6.25. The van der Waals surface area contributed by atoms with Crippen LogP contribution < -0.4 is 15.4 Å². The van der Waals surface area contributed by atoms with E-state index in [0.29, 0.717) is 40.4 Å². The SMILES string of the molecule is CC(=O)Nc1cc2c(cc1C=O)Oc1cc(O)ccc1N2. The molecule has 0 atom stereocenters. The van der Waals surface area contributed by atoms with E-state index < -0.39 is 0 Å². The Kier molecular flexibility index (Phi) is 2.98. The van der Waals surface area contributed by atoms with Crippen molar-refractivity contribution in [2.75, 3.05) is 10.6 Å². The first-order chi connectivity index (χ1) is 10.1. The van der Waals surface area contributed by atoms with Gasteiger partial charge < -0.3 is 20.5 Å². The van der Waals surface area contributed by atoms with Crippen LogP contribution >= 0.6 is 0 Å². The number of hydrogen-bond acceptors (Lipinski definition) is 5. The summed E-state index contributed by atoms with van der Waals surface area (Å²) < 4.78 is 5.67. The van der Waals surface area contributed by atoms with Crippen LogP contribution in [-0.4, -0.2) is 17.3 Å². The highest BCUT2D eigenvalue weighted by Gasteiger charge is 2.19. The average Bonchev–Trinajstić information content (AvgIpc) is 2.44. The number of hydrogen-bond donors (Lipinski definition) is 3. The molecule has 3 rings (SSSR count). The summed E-state index contributed by atoms with van der Waals surface area (Å²) in [5.41, 5.74) is 2.04. The van der Waals surface area contributed by atoms with Gasteiger partial charge in [0.2, 0.25) is 5.91 Å². The third kappa shape index (κ3) is 2.38. The average molecular weight is 284 g/mol. The number of aldehydes is 1. The molecule has 2 aromatic rings. The molecule has 3 N–H and O–H groups in total. The van der Waals surface area contributed by atoms with Gasteiger partial charge in [0.05, 0.1) is 17.1 Å². The van der Waals surface area contributed by atoms with Crippen molar-refractivity contribution in [1.29, 1.82) is 0 Å². The Bertz CT molecular complexity index is 756. The molecular formula is C15H12N2O4. The lowest BCUT2D eigenvalue weighted by atomic mass is 10.1. The molecule has 106 valence electrons. The number of ether oxygens (including phenoxy) is 1. The van der Waals surface area contributed by atoms with Gasteiger partial charge in [-0.1, -0.05) is 0 Å². The number of aromatic hydroxyl groups is 1. The van der Waals surface area contributed by atoms with E-state index in [9.17, 15) is 14.7 Å². The van der Waals surface area contributed by atoms with Gasteiger partial charge in [-0.3, -0.25) is 9.59 Å². The van der Waals surface area contributed by atoms with Gasteiger partial charge in [0.25, 0.3) is 0 Å². The molecule has 21 heavy (non-hydrogen) atoms. The first kappa shape index (κ1) is 13.0. The number of carbonyl (C=O) groups is 2. The van der Waals surface area contributed by atoms with Crippen molar-refractivity contribution < 1.29 is 19.4 Å². The Hall–Kier alpha value is -3.02. The molecule has 1 heterocycles. The van der Waals surface area contributed by atoms with Crippen molar-refractivity contribution in [3.63, 3.8) is 0 Å². The van der Waals surface area contributed by atoms with Crippen molar-refractivity contribution in [3.05, 3.63) is 35.9 Å². The van der Waals surface area contributed by atoms with E-state index in [2.05, 4.69) is 10.6 Å². The van der Waals surface area contributed by atoms with Gasteiger partial charge in [0, 0.05) is 18.6 Å². The summed E-state index contributed by atoms with van der Waals surface area (Å²) in [5, 5.41) is 15.2. The fourth-order valence-corrected chi connectivity index (χ4v) is 2.14. The number of phenolic OH excluding ortho intramolecular Hbond substituents is 1. The number of anilines is 3. The number of amides is 1. The van der Waals surface area contributed by atoms with Crippen molar-refractivity contribution >= 4 is 29.3 Å². The third-order valence-corrected chi connectivity index (χ3v) is 3.04. The topological polar surface area (TPSA) is 87.7 Å². The number of phenols is 1. The minimum absolute atomic E-state index is 0.0875. The molecule has 1 aliphatic heterocycles. The molecule has 0 aromatic heterocycles. The lowest BCUT2D eigenvalue weighted by Crippen LogP contribution is -2.10. The minimum atomic E-state index is -0.264. The van der Waals surface area contributed by atoms with Crippen LogP contribution in [0.2, 0.25) is 0 Å². The fourth-order valence-electron chi connectivity index (χ4n) is 2.14. The normalized spacial score (nSPS) is 11.5. The van der Waals surface area contributed by atoms with Crippen LogP contribution in [-0.2, 0) is 4.79 Å². The lowest BCUT2D eigenvalue weighted by molar-refractivity contribution is -0.114. The molecule has 1 amide bonds. The Morgan fingerprint density at radius 1 is 1.24 bits per heavy atom. The molecule has 0 bridgehead atoms. The second-order valence-corrected chi connectivity index (χ2v) is 4.64. The van der Waals surface area contributed by atoms with Crippen molar-refractivity contribution in [1.82, 2.24) is 0 Å². The van der Waals surface area contributed by atoms with Crippen LogP contribution in [0.5, 0.6) is 17.2 Å². The Morgan fingerprint density at radius 2 is 2.00 bits per heavy atom. The van der Waals surface area contributed by atoms with Crippen LogP contribution in [0.3, 0.4) is 0 Å². The van der Waals surface area contributed by atoms with Gasteiger partial charge in [-0.05, 0) is 24.3 Å². The molecule has 6 heteroatoms. The maximum Gasteiger partial charge on any atom is 0.221 e. The number of rotatable bonds is 2. The Morgan fingerprint density at radius 3 is 2.71 bits per heavy atom. The third-order valence-electron chi connectivity index (χ3n) is 3.04. The van der Waals surface area contributed by atoms with E-state index in [4.69, 9.17) is 4.74 Å². The maximum atomic E-state index is 11.2. The van der Waals surface area contributed by atoms with E-state index in [1.165, 1.54) is 25.1 Å². The first-order valence-corrected chi connectivity index (χ1v) is 6.25. The Balaban J connectivity index is 2.05. The highest BCUT2D eigenvalue weighted by molar-refractivity contribution is 5.97. The van der Waals surface area contributed by atoms with Crippen LogP contribution in [0.15, 0.2) is 30.3 Å². The van der Waals surface area contributed by atoms with E-state index in [1.807, 2.05) is 0 Å². The smallest absolute Gasteiger partial charge is 0.221 e. The molecule has 0 radical (unpaired) electrons. The van der Waals surface area contributed by atoms with Crippen molar-refractivity contribution in [2.45, 2.75) is 6.92 Å². The number of nitrogens with one attached hydrogen (secondary N) is 2. The van der Waals surface area contributed by atoms with Gasteiger partial charge in [-0.2, -0.15) is 0 Å². The number of carbonyl (C=O) groups excluding carboxylic acids is 2. The zero-order valence-corrected chi connectivity index (χ0v) is 11.1. The fraction of sp³-hybridized carbons (Fsp3) is 0.0667. The van der Waals surface area contributed by atoms with Crippen LogP contribution in [0.4, 0.5) is 17.1 Å². The summed E-state index contributed by atoms with van der Waals surface area (Å²) in [6, 6.07) is 7.87. The quantitative estimate of drug-likeness (QED) is 0.497. The molecule has 6 nitrogen and oxygen atoms in total. The molecular weight excluding hydrogens is 272 g/mol. The van der Waals surface area contributed by atoms with Gasteiger partial charge >= 0.3 is 0 Å². The summed E-state index contributed by atoms with van der Waals surface area (Å²) in [7, 11) is 0. The zero-order chi connectivity index (χ0) is 15.0. The highest BCUT2D eigenvalue weighted by Crippen LogP contribution is 2.44. The highest BCUT2D eigenvalue weighted by atomic mass is 16.5. The van der Waals surface area contributed by atoms with Crippen molar-refractivity contribution in [2.24, 2.45) is 0 Å². The van der Waals surface area contributed by atoms with Gasteiger partial charge in [-0.25, -0.2) is 0 Å². The standard InChI is InChI=1S/C15H12N2O4/c1-8(19)16-12-6-13-14(4-9(12)7-18)21-15-5-10(20)2-3-11(15)17-13/h2-7,17,20H,1H3,(H,16,19). The number of benzene rings is 2. The minimum Gasteiger partial charge on any atom is -0.508 e. The molecule has 2 aromatic carbocycles. The molecule has 0 saturated carbocycles. The molecule has 0 fully saturated rings. The summed E-state index contributed by atoms with van der Waals surface area (Å²) in [6.07, 6.45) is 0.646. The molecule has 0 unspecified atom stereocenters. The second-order valence-electron chi connectivity index (χ2n) is 4.64. The van der Waals surface area contributed by atoms with Gasteiger partial charge in [0.15, 0.2) is 17.8 Å².